The van der Waals surface area contributed by atoms with Crippen molar-refractivity contribution in [2.75, 3.05) is 4.72 Å². The van der Waals surface area contributed by atoms with Gasteiger partial charge in [-0.2, -0.15) is 0 Å². The minimum Gasteiger partial charge on any atom is -0.545 e. The van der Waals surface area contributed by atoms with E-state index in [2.05, 4.69) is 9.71 Å². The standard InChI is InChI=1S/C13H10Cl2N2O4S/c1-7-3-2-4-16-12(7)17-22(20,21)11-5-8(13(18)19)9(14)6-10(11)15/h2-6H,1H3,(H,16,17)(H,18,19)/p-1. The SMILES string of the molecule is Cc1cccnc1NS(=O)(=O)c1cc(C(=O)[O-])c(Cl)cc1Cl. The molecule has 0 radical (unpaired) electrons. The van der Waals surface area contributed by atoms with Crippen molar-refractivity contribution in [2.45, 2.75) is 11.8 Å². The molecular formula is C13H9Cl2N2O4S-. The average molecular weight is 360 g/mol. The van der Waals surface area contributed by atoms with Gasteiger partial charge in [-0.1, -0.05) is 29.3 Å². The van der Waals surface area contributed by atoms with Crippen LogP contribution in [0.1, 0.15) is 15.9 Å². The second-order valence-corrected chi connectivity index (χ2v) is 6.79. The van der Waals surface area contributed by atoms with Crippen LogP contribution in [0.3, 0.4) is 0 Å². The number of hydrogen-bond donors (Lipinski definition) is 1. The van der Waals surface area contributed by atoms with Gasteiger partial charge >= 0.3 is 0 Å². The number of pyridine rings is 1. The number of benzene rings is 1. The van der Waals surface area contributed by atoms with Gasteiger partial charge in [-0.25, -0.2) is 13.4 Å². The molecule has 0 unspecified atom stereocenters. The Labute approximate surface area is 136 Å². The van der Waals surface area contributed by atoms with Crippen LogP contribution < -0.4 is 9.83 Å². The van der Waals surface area contributed by atoms with E-state index in [1.165, 1.54) is 6.20 Å². The van der Waals surface area contributed by atoms with Crippen LogP contribution in [0.5, 0.6) is 0 Å². The number of nitrogens with one attached hydrogen (secondary N) is 1. The number of carbonyl (C=O) groups excluding carboxylic acids is 1. The summed E-state index contributed by atoms with van der Waals surface area (Å²) < 4.78 is 27.0. The fraction of sp³-hybridized carbons (Fsp3) is 0.0769. The maximum atomic E-state index is 12.4. The Balaban J connectivity index is 2.52. The van der Waals surface area contributed by atoms with Gasteiger partial charge < -0.3 is 9.90 Å². The summed E-state index contributed by atoms with van der Waals surface area (Å²) in [4.78, 5) is 14.4. The van der Waals surface area contributed by atoms with Crippen molar-refractivity contribution >= 4 is 45.0 Å². The number of carbonyl (C=O) groups is 1. The number of nitrogens with zero attached hydrogens (tertiary/aromatic N) is 1. The van der Waals surface area contributed by atoms with Crippen LogP contribution in [0.15, 0.2) is 35.4 Å². The summed E-state index contributed by atoms with van der Waals surface area (Å²) in [5.41, 5.74) is 0.125. The molecule has 0 fully saturated rings. The second kappa shape index (κ2) is 6.12. The van der Waals surface area contributed by atoms with E-state index in [-0.39, 0.29) is 15.9 Å². The number of aromatic carboxylic acids is 1. The number of halogens is 2. The molecule has 0 atom stereocenters. The second-order valence-electron chi connectivity index (χ2n) is 4.32. The molecule has 1 N–H and O–H groups in total. The average Bonchev–Trinajstić information content (AvgIpc) is 2.40. The zero-order chi connectivity index (χ0) is 16.5. The summed E-state index contributed by atoms with van der Waals surface area (Å²) >= 11 is 11.6. The lowest BCUT2D eigenvalue weighted by Gasteiger charge is -2.13. The van der Waals surface area contributed by atoms with Crippen molar-refractivity contribution in [3.63, 3.8) is 0 Å². The molecule has 0 spiro atoms. The molecule has 0 aliphatic carbocycles. The van der Waals surface area contributed by atoms with Crippen LogP contribution in [-0.4, -0.2) is 19.4 Å². The van der Waals surface area contributed by atoms with Crippen molar-refractivity contribution in [3.8, 4) is 0 Å². The van der Waals surface area contributed by atoms with Gasteiger partial charge in [0.1, 0.15) is 10.7 Å². The quantitative estimate of drug-likeness (QED) is 0.897. The van der Waals surface area contributed by atoms with Gasteiger partial charge in [-0.15, -0.1) is 0 Å². The molecule has 1 aromatic carbocycles. The number of aromatic nitrogens is 1. The molecule has 0 aliphatic heterocycles. The summed E-state index contributed by atoms with van der Waals surface area (Å²) in [7, 11) is -4.13. The van der Waals surface area contributed by atoms with E-state index in [0.29, 0.717) is 5.56 Å². The Morgan fingerprint density at radius 1 is 1.27 bits per heavy atom. The number of carboxylic acids is 1. The van der Waals surface area contributed by atoms with Crippen LogP contribution in [0, 0.1) is 6.92 Å². The number of anilines is 1. The first-order valence-corrected chi connectivity index (χ1v) is 8.11. The lowest BCUT2D eigenvalue weighted by Crippen LogP contribution is -2.24. The number of rotatable bonds is 4. The third-order valence-corrected chi connectivity index (χ3v) is 4.89. The first kappa shape index (κ1) is 16.5. The van der Waals surface area contributed by atoms with Gasteiger partial charge in [0, 0.05) is 11.8 Å². The predicted molar refractivity (Wildman–Crippen MR) is 80.6 cm³/mol. The molecule has 9 heteroatoms. The van der Waals surface area contributed by atoms with Crippen LogP contribution in [0.2, 0.25) is 10.0 Å². The summed E-state index contributed by atoms with van der Waals surface area (Å²) in [6, 6.07) is 5.20. The number of hydrogen-bond acceptors (Lipinski definition) is 5. The van der Waals surface area contributed by atoms with E-state index in [9.17, 15) is 18.3 Å². The molecular weight excluding hydrogens is 351 g/mol. The molecule has 0 saturated heterocycles. The predicted octanol–water partition coefficient (Wildman–Crippen LogP) is 1.86. The van der Waals surface area contributed by atoms with E-state index >= 15 is 0 Å². The van der Waals surface area contributed by atoms with Crippen LogP contribution in [0.25, 0.3) is 0 Å². The maximum absolute atomic E-state index is 12.4. The van der Waals surface area contributed by atoms with Crippen LogP contribution in [-0.2, 0) is 10.0 Å². The van der Waals surface area contributed by atoms with Gasteiger partial charge in [-0.05, 0) is 30.7 Å². The Hall–Kier alpha value is -1.83. The fourth-order valence-electron chi connectivity index (χ4n) is 1.67. The molecule has 116 valence electrons. The van der Waals surface area contributed by atoms with Gasteiger partial charge in [0.15, 0.2) is 0 Å². The molecule has 0 bridgehead atoms. The van der Waals surface area contributed by atoms with Gasteiger partial charge in [0.25, 0.3) is 10.0 Å². The highest BCUT2D eigenvalue weighted by molar-refractivity contribution is 7.92. The minimum atomic E-state index is -4.13. The van der Waals surface area contributed by atoms with Crippen LogP contribution in [0.4, 0.5) is 5.82 Å². The van der Waals surface area contributed by atoms with Crippen molar-refractivity contribution in [2.24, 2.45) is 0 Å². The van der Waals surface area contributed by atoms with E-state index in [1.54, 1.807) is 19.1 Å². The smallest absolute Gasteiger partial charge is 0.264 e. The zero-order valence-electron chi connectivity index (χ0n) is 11.1. The van der Waals surface area contributed by atoms with Gasteiger partial charge in [-0.3, -0.25) is 4.72 Å². The van der Waals surface area contributed by atoms with Crippen molar-refractivity contribution in [1.82, 2.24) is 4.98 Å². The first-order valence-electron chi connectivity index (χ1n) is 5.87. The van der Waals surface area contributed by atoms with E-state index in [4.69, 9.17) is 23.2 Å². The van der Waals surface area contributed by atoms with Crippen molar-refractivity contribution < 1.29 is 18.3 Å². The van der Waals surface area contributed by atoms with E-state index < -0.39 is 26.5 Å². The number of carboxylic acid groups (broad SMARTS) is 1. The summed E-state index contributed by atoms with van der Waals surface area (Å²) in [5.74, 6) is -1.49. The highest BCUT2D eigenvalue weighted by Gasteiger charge is 2.21. The Bertz CT molecular complexity index is 853. The van der Waals surface area contributed by atoms with Gasteiger partial charge in [0.2, 0.25) is 0 Å². The maximum Gasteiger partial charge on any atom is 0.264 e. The molecule has 2 aromatic rings. The monoisotopic (exact) mass is 359 g/mol. The number of sulfonamides is 1. The summed E-state index contributed by atoms with van der Waals surface area (Å²) in [6.45, 7) is 1.67. The van der Waals surface area contributed by atoms with E-state index in [1.807, 2.05) is 0 Å². The van der Waals surface area contributed by atoms with E-state index in [0.717, 1.165) is 12.1 Å². The lowest BCUT2D eigenvalue weighted by molar-refractivity contribution is -0.255. The first-order chi connectivity index (χ1) is 10.2. The summed E-state index contributed by atoms with van der Waals surface area (Å²) in [5, 5.41) is 10.5. The van der Waals surface area contributed by atoms with Gasteiger partial charge in [0.05, 0.1) is 16.0 Å². The molecule has 22 heavy (non-hydrogen) atoms. The van der Waals surface area contributed by atoms with Crippen molar-refractivity contribution in [1.29, 1.82) is 0 Å². The number of aryl methyl sites for hydroxylation is 1. The highest BCUT2D eigenvalue weighted by atomic mass is 35.5. The molecule has 1 heterocycles. The largest absolute Gasteiger partial charge is 0.545 e. The van der Waals surface area contributed by atoms with Crippen molar-refractivity contribution in [3.05, 3.63) is 51.6 Å². The third-order valence-electron chi connectivity index (χ3n) is 2.77. The molecule has 1 aromatic heterocycles. The Morgan fingerprint density at radius 3 is 2.55 bits per heavy atom. The fourth-order valence-corrected chi connectivity index (χ4v) is 3.60. The highest BCUT2D eigenvalue weighted by Crippen LogP contribution is 2.29. The summed E-state index contributed by atoms with van der Waals surface area (Å²) in [6.07, 6.45) is 1.42. The Kier molecular flexibility index (Phi) is 4.60. The zero-order valence-corrected chi connectivity index (χ0v) is 13.5. The Morgan fingerprint density at radius 2 is 1.95 bits per heavy atom. The normalized spacial score (nSPS) is 11.2. The molecule has 6 nitrogen and oxygen atoms in total. The molecule has 0 amide bonds. The minimum absolute atomic E-state index is 0.114. The van der Waals surface area contributed by atoms with Crippen LogP contribution >= 0.6 is 23.2 Å². The third kappa shape index (κ3) is 3.32. The lowest BCUT2D eigenvalue weighted by atomic mass is 10.2. The molecule has 0 aliphatic rings. The molecule has 2 rings (SSSR count). The topological polar surface area (TPSA) is 99.2 Å². The molecule has 0 saturated carbocycles.